The molecule has 3 heterocycles. The summed E-state index contributed by atoms with van der Waals surface area (Å²) in [6, 6.07) is 7.93. The second-order valence-corrected chi connectivity index (χ2v) is 7.87. The summed E-state index contributed by atoms with van der Waals surface area (Å²) in [5, 5.41) is 9.75. The summed E-state index contributed by atoms with van der Waals surface area (Å²) < 4.78 is 14.5. The molecule has 4 rings (SSSR count). The number of hydrogen-bond donors (Lipinski definition) is 0. The predicted octanol–water partition coefficient (Wildman–Crippen LogP) is 4.58. The Morgan fingerprint density at radius 2 is 1.85 bits per heavy atom. The van der Waals surface area contributed by atoms with E-state index in [0.717, 1.165) is 56.8 Å². The van der Waals surface area contributed by atoms with Crippen molar-refractivity contribution in [1.29, 1.82) is 0 Å². The zero-order valence-electron chi connectivity index (χ0n) is 14.9. The van der Waals surface area contributed by atoms with Crippen molar-refractivity contribution in [3.63, 3.8) is 0 Å². The van der Waals surface area contributed by atoms with Gasteiger partial charge in [0.25, 0.3) is 0 Å². The summed E-state index contributed by atoms with van der Waals surface area (Å²) >= 11 is 5.31. The first kappa shape index (κ1) is 18.3. The molecule has 8 heteroatoms. The number of pyridine rings is 1. The maximum Gasteiger partial charge on any atom is 0.191 e. The molecular weight excluding hydrogens is 428 g/mol. The number of ether oxygens (including phenoxy) is 2. The van der Waals surface area contributed by atoms with Gasteiger partial charge in [0.2, 0.25) is 0 Å². The molecule has 0 saturated carbocycles. The molecule has 0 saturated heterocycles. The van der Waals surface area contributed by atoms with E-state index < -0.39 is 0 Å². The molecule has 1 aromatic carbocycles. The monoisotopic (exact) mass is 446 g/mol. The van der Waals surface area contributed by atoms with Crippen molar-refractivity contribution >= 4 is 27.7 Å². The number of rotatable bonds is 6. The van der Waals surface area contributed by atoms with Crippen LogP contribution in [-0.4, -0.2) is 33.0 Å². The molecule has 0 bridgehead atoms. The molecule has 0 amide bonds. The summed E-state index contributed by atoms with van der Waals surface area (Å²) in [5.74, 6) is 3.22. The van der Waals surface area contributed by atoms with E-state index in [9.17, 15) is 0 Å². The highest BCUT2D eigenvalue weighted by Gasteiger charge is 2.17. The maximum atomic E-state index is 5.70. The maximum absolute atomic E-state index is 5.70. The highest BCUT2D eigenvalue weighted by atomic mass is 79.9. The van der Waals surface area contributed by atoms with Crippen molar-refractivity contribution in [3.05, 3.63) is 46.7 Å². The van der Waals surface area contributed by atoms with Crippen LogP contribution in [0.4, 0.5) is 0 Å². The van der Waals surface area contributed by atoms with Crippen LogP contribution in [0, 0.1) is 0 Å². The Hall–Kier alpha value is -2.06. The number of hydrogen-bond acceptors (Lipinski definition) is 6. The highest BCUT2D eigenvalue weighted by molar-refractivity contribution is 9.10. The van der Waals surface area contributed by atoms with E-state index in [2.05, 4.69) is 42.6 Å². The molecule has 1 aliphatic rings. The van der Waals surface area contributed by atoms with Gasteiger partial charge in [-0.15, -0.1) is 10.2 Å². The van der Waals surface area contributed by atoms with Crippen molar-refractivity contribution in [3.8, 4) is 22.9 Å². The zero-order valence-corrected chi connectivity index (χ0v) is 17.3. The molecule has 2 aromatic heterocycles. The summed E-state index contributed by atoms with van der Waals surface area (Å²) in [4.78, 5) is 4.08. The first-order valence-electron chi connectivity index (χ1n) is 8.80. The molecule has 1 aliphatic heterocycles. The van der Waals surface area contributed by atoms with Crippen LogP contribution in [0.5, 0.6) is 11.5 Å². The summed E-state index contributed by atoms with van der Waals surface area (Å²) in [6.07, 6.45) is 4.57. The van der Waals surface area contributed by atoms with Crippen molar-refractivity contribution < 1.29 is 9.47 Å². The molecule has 0 spiro atoms. The molecular formula is C19H19BrN4O2S. The second kappa shape index (κ2) is 8.31. The van der Waals surface area contributed by atoms with Gasteiger partial charge < -0.3 is 14.0 Å². The minimum absolute atomic E-state index is 0.585. The van der Waals surface area contributed by atoms with Gasteiger partial charge in [0.15, 0.2) is 22.5 Å². The number of nitrogens with zero attached hydrogens (tertiary/aromatic N) is 4. The minimum Gasteiger partial charge on any atom is -0.486 e. The first-order chi connectivity index (χ1) is 13.3. The molecule has 140 valence electrons. The van der Waals surface area contributed by atoms with E-state index in [4.69, 9.17) is 9.47 Å². The molecule has 0 N–H and O–H groups in total. The lowest BCUT2D eigenvalue weighted by Gasteiger charge is -2.19. The van der Waals surface area contributed by atoms with Crippen LogP contribution in [0.25, 0.3) is 11.4 Å². The number of benzene rings is 1. The lowest BCUT2D eigenvalue weighted by atomic mass is 10.2. The number of fused-ring (bicyclic) bond motifs is 1. The van der Waals surface area contributed by atoms with Crippen LogP contribution < -0.4 is 9.47 Å². The average Bonchev–Trinajstić information content (AvgIpc) is 3.10. The van der Waals surface area contributed by atoms with E-state index in [1.807, 2.05) is 24.3 Å². The fourth-order valence-electron chi connectivity index (χ4n) is 2.89. The van der Waals surface area contributed by atoms with Crippen LogP contribution in [0.1, 0.15) is 18.9 Å². The topological polar surface area (TPSA) is 62.1 Å². The largest absolute Gasteiger partial charge is 0.486 e. The first-order valence-corrected chi connectivity index (χ1v) is 10.6. The fraction of sp³-hybridized carbons (Fsp3) is 0.316. The Morgan fingerprint density at radius 3 is 2.59 bits per heavy atom. The molecule has 3 aromatic rings. The fourth-order valence-corrected chi connectivity index (χ4v) is 4.50. The van der Waals surface area contributed by atoms with Crippen molar-refractivity contribution in [1.82, 2.24) is 19.7 Å². The Kier molecular flexibility index (Phi) is 5.63. The van der Waals surface area contributed by atoms with E-state index in [0.29, 0.717) is 13.2 Å². The summed E-state index contributed by atoms with van der Waals surface area (Å²) in [6.45, 7) is 4.20. The smallest absolute Gasteiger partial charge is 0.191 e. The van der Waals surface area contributed by atoms with Gasteiger partial charge in [0.05, 0.1) is 0 Å². The third-order valence-corrected chi connectivity index (χ3v) is 5.92. The predicted molar refractivity (Wildman–Crippen MR) is 108 cm³/mol. The van der Waals surface area contributed by atoms with Gasteiger partial charge in [-0.05, 0) is 36.2 Å². The Bertz CT molecular complexity index is 933. The van der Waals surface area contributed by atoms with Gasteiger partial charge in [-0.1, -0.05) is 34.6 Å². The molecule has 0 radical (unpaired) electrons. The van der Waals surface area contributed by atoms with Crippen LogP contribution in [0.15, 0.2) is 46.3 Å². The van der Waals surface area contributed by atoms with Gasteiger partial charge in [-0.3, -0.25) is 4.98 Å². The molecule has 6 nitrogen and oxygen atoms in total. The second-order valence-electron chi connectivity index (χ2n) is 6.07. The standard InChI is InChI=1S/C19H19BrN4O2S/c1-2-7-24-18(13-3-5-21-6-4-13)22-23-19(24)27-12-14-10-16-17(11-15(14)20)26-9-8-25-16/h3-6,10-11H,2,7-9,12H2,1H3. The SMILES string of the molecule is CCCn1c(SCc2cc3c(cc2Br)OCCO3)nnc1-c1ccncc1. The minimum atomic E-state index is 0.585. The molecule has 0 unspecified atom stereocenters. The van der Waals surface area contributed by atoms with Gasteiger partial charge in [0, 0.05) is 34.7 Å². The summed E-state index contributed by atoms with van der Waals surface area (Å²) in [7, 11) is 0. The van der Waals surface area contributed by atoms with Crippen LogP contribution >= 0.6 is 27.7 Å². The van der Waals surface area contributed by atoms with E-state index >= 15 is 0 Å². The van der Waals surface area contributed by atoms with Crippen molar-refractivity contribution in [2.24, 2.45) is 0 Å². The quantitative estimate of drug-likeness (QED) is 0.516. The Labute approximate surface area is 170 Å². The Morgan fingerprint density at radius 1 is 1.11 bits per heavy atom. The molecule has 0 aliphatic carbocycles. The third-order valence-electron chi connectivity index (χ3n) is 4.17. The van der Waals surface area contributed by atoms with E-state index in [1.165, 1.54) is 0 Å². The van der Waals surface area contributed by atoms with Gasteiger partial charge in [-0.25, -0.2) is 0 Å². The van der Waals surface area contributed by atoms with E-state index in [-0.39, 0.29) is 0 Å². The summed E-state index contributed by atoms with van der Waals surface area (Å²) in [5.41, 5.74) is 2.17. The molecule has 0 atom stereocenters. The Balaban J connectivity index is 1.57. The average molecular weight is 447 g/mol. The van der Waals surface area contributed by atoms with Crippen LogP contribution in [-0.2, 0) is 12.3 Å². The van der Waals surface area contributed by atoms with E-state index in [1.54, 1.807) is 24.2 Å². The third kappa shape index (κ3) is 3.96. The van der Waals surface area contributed by atoms with Gasteiger partial charge >= 0.3 is 0 Å². The number of thioether (sulfide) groups is 1. The number of aromatic nitrogens is 4. The van der Waals surface area contributed by atoms with Crippen LogP contribution in [0.3, 0.4) is 0 Å². The highest BCUT2D eigenvalue weighted by Crippen LogP contribution is 2.38. The van der Waals surface area contributed by atoms with Crippen molar-refractivity contribution in [2.75, 3.05) is 13.2 Å². The molecule has 27 heavy (non-hydrogen) atoms. The van der Waals surface area contributed by atoms with Crippen LogP contribution in [0.2, 0.25) is 0 Å². The van der Waals surface area contributed by atoms with Gasteiger partial charge in [0.1, 0.15) is 13.2 Å². The van der Waals surface area contributed by atoms with Crippen molar-refractivity contribution in [2.45, 2.75) is 30.8 Å². The lowest BCUT2D eigenvalue weighted by Crippen LogP contribution is -2.15. The number of halogens is 1. The normalized spacial score (nSPS) is 13.0. The van der Waals surface area contributed by atoms with Gasteiger partial charge in [-0.2, -0.15) is 0 Å². The zero-order chi connectivity index (χ0) is 18.6. The lowest BCUT2D eigenvalue weighted by molar-refractivity contribution is 0.171. The molecule has 0 fully saturated rings.